The Balaban J connectivity index is 1.33. The van der Waals surface area contributed by atoms with Gasteiger partial charge in [0.25, 0.3) is 0 Å². The van der Waals surface area contributed by atoms with Gasteiger partial charge in [-0.25, -0.2) is 13.6 Å². The van der Waals surface area contributed by atoms with Crippen LogP contribution in [0.15, 0.2) is 127 Å². The molecule has 0 saturated heterocycles. The number of ether oxygens (including phenoxy) is 4. The zero-order valence-electron chi connectivity index (χ0n) is 43.0. The highest BCUT2D eigenvalue weighted by molar-refractivity contribution is 6.03. The van der Waals surface area contributed by atoms with Gasteiger partial charge in [-0.3, -0.25) is 4.90 Å². The maximum atomic E-state index is 15.1. The van der Waals surface area contributed by atoms with Crippen LogP contribution in [-0.4, -0.2) is 65.2 Å². The molecule has 73 heavy (non-hydrogen) atoms. The second-order valence-electron chi connectivity index (χ2n) is 20.0. The second kappa shape index (κ2) is 28.8. The van der Waals surface area contributed by atoms with E-state index in [0.717, 1.165) is 61.6 Å². The summed E-state index contributed by atoms with van der Waals surface area (Å²) in [5, 5.41) is 25.1. The maximum absolute atomic E-state index is 15.1. The Bertz CT molecular complexity index is 2380. The largest absolute Gasteiger partial charge is 0.489 e. The first-order valence-electron chi connectivity index (χ1n) is 27.1. The van der Waals surface area contributed by atoms with E-state index < -0.39 is 29.7 Å². The van der Waals surface area contributed by atoms with Gasteiger partial charge in [-0.15, -0.1) is 6.58 Å². The lowest BCUT2D eigenvalue weighted by Crippen LogP contribution is -2.70. The van der Waals surface area contributed by atoms with Crippen LogP contribution in [0.5, 0.6) is 11.5 Å². The molecular formula is C61H78F2N2O8. The Morgan fingerprint density at radius 2 is 1.51 bits per heavy atom. The number of carbonyl (C=O) groups is 1. The summed E-state index contributed by atoms with van der Waals surface area (Å²) in [6.45, 7) is 7.00. The van der Waals surface area contributed by atoms with E-state index in [4.69, 9.17) is 28.9 Å². The number of allylic oxidation sites excluding steroid dienone is 1. The van der Waals surface area contributed by atoms with Gasteiger partial charge >= 0.3 is 6.09 Å². The first-order valence-corrected chi connectivity index (χ1v) is 27.1. The van der Waals surface area contributed by atoms with E-state index in [1.165, 1.54) is 56.7 Å². The van der Waals surface area contributed by atoms with E-state index >= 15 is 4.79 Å². The number of aliphatic hydroxyl groups excluding tert-OH is 2. The molecule has 394 valence electrons. The third kappa shape index (κ3) is 14.8. The Kier molecular flexibility index (Phi) is 21.8. The molecule has 0 spiro atoms. The summed E-state index contributed by atoms with van der Waals surface area (Å²) in [7, 11) is 0. The minimum absolute atomic E-state index is 0.00440. The zero-order valence-corrected chi connectivity index (χ0v) is 43.0. The highest BCUT2D eigenvalue weighted by Crippen LogP contribution is 2.62. The van der Waals surface area contributed by atoms with Crippen molar-refractivity contribution in [2.24, 2.45) is 22.9 Å². The number of benzene rings is 4. The standard InChI is InChI=1S/C61H78F2N2O8/c1-3-5-6-7-8-9-10-11-12-22-38-69-60(68)65(42-45-29-31-49(62)32-30-45)57-41-55(64-72-43-46-23-14-13-15-24-46)52-39-47(25-18-20-35-66)51(27-19-21-36-67)58-53-40-50(70-44-48-26-16-17-28-54(48)63)33-34-56(53)73-61(57,59(52)58)71-37-4-2/h4,13-17,23-24,26,28-34,39-40,47,51,57-59,66-67H,2-3,5-12,18-22,25,27,35-38,41-44H2,1H3. The molecule has 0 radical (unpaired) electrons. The second-order valence-corrected chi connectivity index (χ2v) is 20.0. The van der Waals surface area contributed by atoms with E-state index in [2.05, 4.69) is 19.6 Å². The molecule has 1 heterocycles. The van der Waals surface area contributed by atoms with E-state index in [-0.39, 0.29) is 76.2 Å². The van der Waals surface area contributed by atoms with Gasteiger partial charge in [0.05, 0.1) is 24.8 Å². The van der Waals surface area contributed by atoms with Crippen LogP contribution in [0.1, 0.15) is 144 Å². The minimum atomic E-state index is -1.55. The number of carbonyl (C=O) groups excluding carboxylic acids is 1. The normalized spacial score (nSPS) is 21.4. The number of hydrogen-bond acceptors (Lipinski definition) is 9. The quantitative estimate of drug-likeness (QED) is 0.0291. The van der Waals surface area contributed by atoms with Gasteiger partial charge in [0.1, 0.15) is 42.4 Å². The molecule has 2 aliphatic carbocycles. The van der Waals surface area contributed by atoms with Crippen LogP contribution >= 0.6 is 0 Å². The number of aliphatic hydroxyl groups is 2. The highest BCUT2D eigenvalue weighted by atomic mass is 19.1. The van der Waals surface area contributed by atoms with E-state index in [0.29, 0.717) is 47.6 Å². The van der Waals surface area contributed by atoms with Crippen LogP contribution in [0, 0.1) is 29.4 Å². The van der Waals surface area contributed by atoms with Crippen LogP contribution in [0.3, 0.4) is 0 Å². The average Bonchev–Trinajstić information content (AvgIpc) is 3.40. The molecule has 2 N–H and O–H groups in total. The van der Waals surface area contributed by atoms with Crippen molar-refractivity contribution in [3.63, 3.8) is 0 Å². The number of halogens is 2. The van der Waals surface area contributed by atoms with Gasteiger partial charge in [0, 0.05) is 43.2 Å². The molecule has 1 amide bonds. The number of amides is 1. The lowest BCUT2D eigenvalue weighted by Gasteiger charge is -2.59. The van der Waals surface area contributed by atoms with Crippen LogP contribution in [0.2, 0.25) is 0 Å². The predicted molar refractivity (Wildman–Crippen MR) is 282 cm³/mol. The average molecular weight is 1010 g/mol. The first kappa shape index (κ1) is 55.2. The Labute approximate surface area is 432 Å². The topological polar surface area (TPSA) is 119 Å². The molecule has 1 aliphatic heterocycles. The maximum Gasteiger partial charge on any atom is 0.410 e. The molecule has 1 saturated carbocycles. The van der Waals surface area contributed by atoms with Crippen LogP contribution < -0.4 is 9.47 Å². The molecule has 10 nitrogen and oxygen atoms in total. The van der Waals surface area contributed by atoms with Gasteiger partial charge in [0.2, 0.25) is 5.79 Å². The smallest absolute Gasteiger partial charge is 0.410 e. The summed E-state index contributed by atoms with van der Waals surface area (Å²) in [6, 6.07) is 27.3. The molecule has 0 bridgehead atoms. The molecule has 12 heteroatoms. The molecule has 1 fully saturated rings. The van der Waals surface area contributed by atoms with E-state index in [1.54, 1.807) is 41.3 Å². The third-order valence-corrected chi connectivity index (χ3v) is 14.8. The van der Waals surface area contributed by atoms with Crippen molar-refractivity contribution in [2.75, 3.05) is 26.4 Å². The molecule has 6 atom stereocenters. The summed E-state index contributed by atoms with van der Waals surface area (Å²) >= 11 is 0. The fraction of sp³-hybridized carbons (Fsp3) is 0.508. The minimum Gasteiger partial charge on any atom is -0.489 e. The molecule has 4 aromatic carbocycles. The number of nitrogens with zero attached hydrogens (tertiary/aromatic N) is 2. The van der Waals surface area contributed by atoms with Crippen molar-refractivity contribution in [1.82, 2.24) is 4.90 Å². The highest BCUT2D eigenvalue weighted by Gasteiger charge is 2.65. The number of rotatable bonds is 31. The van der Waals surface area contributed by atoms with Crippen molar-refractivity contribution in [3.05, 3.63) is 155 Å². The number of fused-ring (bicyclic) bond motifs is 2. The van der Waals surface area contributed by atoms with E-state index in [9.17, 15) is 19.0 Å². The first-order chi connectivity index (χ1) is 35.8. The van der Waals surface area contributed by atoms with E-state index in [1.807, 2.05) is 48.5 Å². The molecule has 4 aromatic rings. The molecule has 0 aromatic heterocycles. The van der Waals surface area contributed by atoms with Crippen molar-refractivity contribution < 1.29 is 47.6 Å². The van der Waals surface area contributed by atoms with Gasteiger partial charge in [-0.1, -0.05) is 156 Å². The molecule has 3 aliphatic rings. The van der Waals surface area contributed by atoms with Crippen LogP contribution in [0.25, 0.3) is 0 Å². The molecule has 6 unspecified atom stereocenters. The van der Waals surface area contributed by atoms with Crippen molar-refractivity contribution >= 4 is 11.8 Å². The van der Waals surface area contributed by atoms with Crippen molar-refractivity contribution in [2.45, 2.75) is 154 Å². The van der Waals surface area contributed by atoms with Crippen molar-refractivity contribution in [3.8, 4) is 11.5 Å². The summed E-state index contributed by atoms with van der Waals surface area (Å²) < 4.78 is 56.7. The van der Waals surface area contributed by atoms with Gasteiger partial charge in [-0.05, 0) is 97.0 Å². The summed E-state index contributed by atoms with van der Waals surface area (Å²) in [6.07, 6.45) is 19.3. The number of unbranched alkanes of at least 4 members (excludes halogenated alkanes) is 11. The predicted octanol–water partition coefficient (Wildman–Crippen LogP) is 13.9. The van der Waals surface area contributed by atoms with Crippen LogP contribution in [-0.2, 0) is 34.1 Å². The lowest BCUT2D eigenvalue weighted by molar-refractivity contribution is -0.256. The Morgan fingerprint density at radius 3 is 2.22 bits per heavy atom. The number of hydrogen-bond donors (Lipinski definition) is 2. The SMILES string of the molecule is C=CCOC12Oc3ccc(OCc4ccccc4F)cc3C3C(CCCCO)C(CCCCO)C=C(C(=NOCc4ccccc4)CC1N(Cc1ccc(F)cc1)C(=O)OCCCCCCCCCCCC)C32. The lowest BCUT2D eigenvalue weighted by atomic mass is 9.55. The Hall–Kier alpha value is -5.56. The van der Waals surface area contributed by atoms with Gasteiger partial charge in [0.15, 0.2) is 0 Å². The summed E-state index contributed by atoms with van der Waals surface area (Å²) in [4.78, 5) is 23.0. The Morgan fingerprint density at radius 1 is 0.808 bits per heavy atom. The van der Waals surface area contributed by atoms with Crippen molar-refractivity contribution in [1.29, 1.82) is 0 Å². The fourth-order valence-electron chi connectivity index (χ4n) is 11.2. The summed E-state index contributed by atoms with van der Waals surface area (Å²) in [5.74, 6) is -2.14. The molecule has 7 rings (SSSR count). The third-order valence-electron chi connectivity index (χ3n) is 14.8. The monoisotopic (exact) mass is 1000 g/mol. The summed E-state index contributed by atoms with van der Waals surface area (Å²) in [5.41, 5.74) is 4.45. The number of oxime groups is 1. The molecular weight excluding hydrogens is 927 g/mol. The van der Waals surface area contributed by atoms with Gasteiger partial charge in [-0.2, -0.15) is 0 Å². The van der Waals surface area contributed by atoms with Crippen LogP contribution in [0.4, 0.5) is 13.6 Å². The fourth-order valence-corrected chi connectivity index (χ4v) is 11.2. The van der Waals surface area contributed by atoms with Gasteiger partial charge < -0.3 is 34.0 Å². The zero-order chi connectivity index (χ0) is 51.3.